The second-order valence-corrected chi connectivity index (χ2v) is 5.52. The van der Waals surface area contributed by atoms with Gasteiger partial charge in [-0.05, 0) is 12.1 Å². The van der Waals surface area contributed by atoms with Gasteiger partial charge in [0.1, 0.15) is 5.69 Å². The Kier molecular flexibility index (Phi) is 6.04. The first-order valence-corrected chi connectivity index (χ1v) is 8.29. The predicted octanol–water partition coefficient (Wildman–Crippen LogP) is 2.81. The second-order valence-electron chi connectivity index (χ2n) is 5.52. The number of rotatable bonds is 6. The Hall–Kier alpha value is -3.80. The van der Waals surface area contributed by atoms with E-state index < -0.39 is 18.5 Å². The second kappa shape index (κ2) is 9.05. The Balaban J connectivity index is 1.67. The summed E-state index contributed by atoms with van der Waals surface area (Å²) in [6, 6.07) is 23.9. The molecule has 6 nitrogen and oxygen atoms in total. The Morgan fingerprint density at radius 1 is 0.852 bits per heavy atom. The van der Waals surface area contributed by atoms with Crippen LogP contribution in [0.4, 0.5) is 0 Å². The highest BCUT2D eigenvalue weighted by Crippen LogP contribution is 2.10. The average molecular weight is 359 g/mol. The molecule has 0 saturated heterocycles. The van der Waals surface area contributed by atoms with Gasteiger partial charge >= 0.3 is 5.97 Å². The van der Waals surface area contributed by atoms with Gasteiger partial charge in [0.15, 0.2) is 6.61 Å². The quantitative estimate of drug-likeness (QED) is 0.417. The van der Waals surface area contributed by atoms with Gasteiger partial charge in [-0.15, -0.1) is 0 Å². The van der Waals surface area contributed by atoms with Crippen molar-refractivity contribution >= 4 is 17.6 Å². The molecule has 1 N–H and O–H groups in total. The monoisotopic (exact) mass is 359 g/mol. The zero-order valence-corrected chi connectivity index (χ0v) is 14.4. The van der Waals surface area contributed by atoms with Gasteiger partial charge in [0.05, 0.1) is 5.71 Å². The maximum Gasteiger partial charge on any atom is 0.357 e. The lowest BCUT2D eigenvalue weighted by molar-refractivity contribution is -0.124. The van der Waals surface area contributed by atoms with Crippen molar-refractivity contribution in [3.05, 3.63) is 102 Å². The normalized spacial score (nSPS) is 9.93. The Bertz CT molecular complexity index is 885. The summed E-state index contributed by atoms with van der Waals surface area (Å²) in [6.07, 6.45) is 1.48. The third kappa shape index (κ3) is 5.09. The smallest absolute Gasteiger partial charge is 0.357 e. The lowest BCUT2D eigenvalue weighted by atomic mass is 10.0. The number of nitrogens with one attached hydrogen (secondary N) is 1. The molecule has 3 rings (SSSR count). The lowest BCUT2D eigenvalue weighted by Crippen LogP contribution is -2.26. The number of carbonyl (C=O) groups excluding carboxylic acids is 2. The van der Waals surface area contributed by atoms with Crippen molar-refractivity contribution < 1.29 is 14.3 Å². The van der Waals surface area contributed by atoms with E-state index in [0.29, 0.717) is 5.71 Å². The topological polar surface area (TPSA) is 80.7 Å². The van der Waals surface area contributed by atoms with E-state index in [0.717, 1.165) is 11.1 Å². The number of benzene rings is 2. The van der Waals surface area contributed by atoms with Crippen LogP contribution < -0.4 is 5.43 Å². The van der Waals surface area contributed by atoms with Crippen molar-refractivity contribution in [3.63, 3.8) is 0 Å². The first kappa shape index (κ1) is 18.0. The number of aromatic nitrogens is 1. The maximum absolute atomic E-state index is 12.0. The molecule has 2 aromatic carbocycles. The Morgan fingerprint density at radius 2 is 1.44 bits per heavy atom. The molecule has 0 unspecified atom stereocenters. The van der Waals surface area contributed by atoms with E-state index in [1.165, 1.54) is 12.3 Å². The number of pyridine rings is 1. The highest BCUT2D eigenvalue weighted by molar-refractivity contribution is 6.13. The number of hydrogen-bond acceptors (Lipinski definition) is 5. The van der Waals surface area contributed by atoms with Crippen molar-refractivity contribution in [3.8, 4) is 0 Å². The van der Waals surface area contributed by atoms with Crippen molar-refractivity contribution in [2.24, 2.45) is 5.10 Å². The first-order valence-electron chi connectivity index (χ1n) is 8.29. The summed E-state index contributed by atoms with van der Waals surface area (Å²) in [5, 5.41) is 4.23. The molecule has 134 valence electrons. The van der Waals surface area contributed by atoms with Crippen molar-refractivity contribution in [2.45, 2.75) is 0 Å². The lowest BCUT2D eigenvalue weighted by Gasteiger charge is -2.08. The van der Waals surface area contributed by atoms with Gasteiger partial charge < -0.3 is 4.74 Å². The zero-order valence-electron chi connectivity index (χ0n) is 14.4. The van der Waals surface area contributed by atoms with Crippen LogP contribution >= 0.6 is 0 Å². The van der Waals surface area contributed by atoms with E-state index in [-0.39, 0.29) is 5.69 Å². The van der Waals surface area contributed by atoms with Crippen molar-refractivity contribution in [1.82, 2.24) is 10.4 Å². The molecule has 0 radical (unpaired) electrons. The summed E-state index contributed by atoms with van der Waals surface area (Å²) in [6.45, 7) is -0.449. The number of hydrogen-bond donors (Lipinski definition) is 1. The predicted molar refractivity (Wildman–Crippen MR) is 101 cm³/mol. The van der Waals surface area contributed by atoms with Gasteiger partial charge in [0.2, 0.25) is 0 Å². The van der Waals surface area contributed by atoms with E-state index in [9.17, 15) is 9.59 Å². The molecule has 0 aliphatic rings. The summed E-state index contributed by atoms with van der Waals surface area (Å²) in [5.41, 5.74) is 4.90. The van der Waals surface area contributed by atoms with Crippen molar-refractivity contribution in [2.75, 3.05) is 6.61 Å². The fourth-order valence-corrected chi connectivity index (χ4v) is 2.33. The molecule has 0 spiro atoms. The minimum Gasteiger partial charge on any atom is -0.451 e. The van der Waals surface area contributed by atoms with E-state index in [1.54, 1.807) is 12.1 Å². The van der Waals surface area contributed by atoms with Gasteiger partial charge in [0.25, 0.3) is 5.91 Å². The molecule has 1 amide bonds. The highest BCUT2D eigenvalue weighted by Gasteiger charge is 2.12. The zero-order chi connectivity index (χ0) is 18.9. The molecule has 27 heavy (non-hydrogen) atoms. The third-order valence-corrected chi connectivity index (χ3v) is 3.60. The minimum absolute atomic E-state index is 0.142. The Labute approximate surface area is 156 Å². The molecular formula is C21H17N3O3. The Morgan fingerprint density at radius 3 is 2.00 bits per heavy atom. The third-order valence-electron chi connectivity index (χ3n) is 3.60. The molecule has 1 aromatic heterocycles. The molecule has 0 bridgehead atoms. The number of carbonyl (C=O) groups is 2. The first-order chi connectivity index (χ1) is 13.2. The SMILES string of the molecule is O=C(COC(=O)c1ccccn1)NN=C(c1ccccc1)c1ccccc1. The van der Waals surface area contributed by atoms with Gasteiger partial charge in [-0.1, -0.05) is 66.7 Å². The van der Waals surface area contributed by atoms with Gasteiger partial charge in [-0.25, -0.2) is 15.2 Å². The summed E-state index contributed by atoms with van der Waals surface area (Å²) in [7, 11) is 0. The maximum atomic E-state index is 12.0. The van der Waals surface area contributed by atoms with Crippen LogP contribution in [0, 0.1) is 0 Å². The largest absolute Gasteiger partial charge is 0.451 e. The van der Waals surface area contributed by atoms with Crippen molar-refractivity contribution in [1.29, 1.82) is 0 Å². The number of hydrazone groups is 1. The number of ether oxygens (including phenoxy) is 1. The van der Waals surface area contributed by atoms with Crippen LogP contribution in [0.5, 0.6) is 0 Å². The molecule has 0 aliphatic heterocycles. The number of esters is 1. The van der Waals surface area contributed by atoms with Crippen LogP contribution in [0.3, 0.4) is 0 Å². The fourth-order valence-electron chi connectivity index (χ4n) is 2.33. The van der Waals surface area contributed by atoms with E-state index in [2.05, 4.69) is 15.5 Å². The van der Waals surface area contributed by atoms with Crippen LogP contribution in [0.1, 0.15) is 21.6 Å². The van der Waals surface area contributed by atoms with Crippen LogP contribution in [0.15, 0.2) is 90.2 Å². The van der Waals surface area contributed by atoms with Crippen LogP contribution in [-0.4, -0.2) is 29.2 Å². The molecule has 0 saturated carbocycles. The van der Waals surface area contributed by atoms with Crippen LogP contribution in [0.25, 0.3) is 0 Å². The minimum atomic E-state index is -0.666. The van der Waals surface area contributed by atoms with Gasteiger partial charge in [-0.3, -0.25) is 4.79 Å². The highest BCUT2D eigenvalue weighted by atomic mass is 16.5. The molecule has 6 heteroatoms. The van der Waals surface area contributed by atoms with Gasteiger partial charge in [-0.2, -0.15) is 5.10 Å². The summed E-state index contributed by atoms with van der Waals surface area (Å²) in [5.74, 6) is -1.20. The van der Waals surface area contributed by atoms with Crippen LogP contribution in [-0.2, 0) is 9.53 Å². The number of amides is 1. The molecule has 0 fully saturated rings. The van der Waals surface area contributed by atoms with Gasteiger partial charge in [0, 0.05) is 17.3 Å². The van der Waals surface area contributed by atoms with E-state index >= 15 is 0 Å². The van der Waals surface area contributed by atoms with Crippen LogP contribution in [0.2, 0.25) is 0 Å². The number of nitrogens with zero attached hydrogens (tertiary/aromatic N) is 2. The summed E-state index contributed by atoms with van der Waals surface area (Å²) < 4.78 is 4.95. The standard InChI is InChI=1S/C21H17N3O3/c25-19(15-27-21(26)18-13-7-8-14-22-18)23-24-20(16-9-3-1-4-10-16)17-11-5-2-6-12-17/h1-14H,15H2,(H,23,25). The summed E-state index contributed by atoms with van der Waals surface area (Å²) >= 11 is 0. The fraction of sp³-hybridized carbons (Fsp3) is 0.0476. The molecule has 3 aromatic rings. The molecule has 0 aliphatic carbocycles. The summed E-state index contributed by atoms with van der Waals surface area (Å²) in [4.78, 5) is 27.7. The molecule has 1 heterocycles. The average Bonchev–Trinajstić information content (AvgIpc) is 2.74. The van der Waals surface area contributed by atoms with E-state index in [1.807, 2.05) is 60.7 Å². The van der Waals surface area contributed by atoms with E-state index in [4.69, 9.17) is 4.74 Å². The molecule has 0 atom stereocenters. The molecular weight excluding hydrogens is 342 g/mol.